The quantitative estimate of drug-likeness (QED) is 0.523. The van der Waals surface area contributed by atoms with Gasteiger partial charge in [-0.05, 0) is 0 Å². The van der Waals surface area contributed by atoms with E-state index in [1.807, 2.05) is 0 Å². The van der Waals surface area contributed by atoms with Crippen LogP contribution in [-0.2, 0) is 9.53 Å². The fraction of sp³-hybridized carbons (Fsp3) is 0.200. The molecule has 0 fully saturated rings. The van der Waals surface area contributed by atoms with Gasteiger partial charge in [-0.15, -0.1) is 0 Å². The second-order valence-electron chi connectivity index (χ2n) is 3.38. The minimum atomic E-state index is -0.477. The predicted molar refractivity (Wildman–Crippen MR) is 56.4 cm³/mol. The van der Waals surface area contributed by atoms with Gasteiger partial charge >= 0.3 is 5.97 Å². The second-order valence-corrected chi connectivity index (χ2v) is 3.38. The molecule has 16 heavy (non-hydrogen) atoms. The normalized spacial score (nSPS) is 17.2. The smallest absolute Gasteiger partial charge is 0.365 e. The summed E-state index contributed by atoms with van der Waals surface area (Å²) >= 11 is 0. The maximum absolute atomic E-state index is 11.4. The van der Waals surface area contributed by atoms with E-state index in [-0.39, 0.29) is 11.6 Å². The molecule has 2 heterocycles. The number of hydrogen-bond acceptors (Lipinski definition) is 6. The summed E-state index contributed by atoms with van der Waals surface area (Å²) in [5, 5.41) is 0. The number of carbonyl (C=O) groups is 1. The van der Waals surface area contributed by atoms with Crippen LogP contribution in [0.5, 0.6) is 0 Å². The third-order valence-corrected chi connectivity index (χ3v) is 1.78. The Balaban J connectivity index is 2.30. The van der Waals surface area contributed by atoms with Crippen molar-refractivity contribution < 1.29 is 9.53 Å². The summed E-state index contributed by atoms with van der Waals surface area (Å²) in [5.41, 5.74) is 0.698. The third-order valence-electron chi connectivity index (χ3n) is 1.78. The van der Waals surface area contributed by atoms with Gasteiger partial charge in [-0.2, -0.15) is 0 Å². The summed E-state index contributed by atoms with van der Waals surface area (Å²) in [7, 11) is 3.60. The molecule has 82 valence electrons. The van der Waals surface area contributed by atoms with Crippen LogP contribution in [0.2, 0.25) is 0 Å². The van der Waals surface area contributed by atoms with E-state index in [0.717, 1.165) is 0 Å². The van der Waals surface area contributed by atoms with Crippen LogP contribution in [0, 0.1) is 0 Å². The lowest BCUT2D eigenvalue weighted by molar-refractivity contribution is -0.130. The van der Waals surface area contributed by atoms with Gasteiger partial charge < -0.3 is 9.64 Å². The minimum absolute atomic E-state index is 0.186. The molecule has 1 aliphatic heterocycles. The first-order valence-corrected chi connectivity index (χ1v) is 4.62. The molecular weight excluding hydrogens is 208 g/mol. The van der Waals surface area contributed by atoms with Gasteiger partial charge in [0.1, 0.15) is 5.69 Å². The van der Waals surface area contributed by atoms with Crippen molar-refractivity contribution in [1.82, 2.24) is 14.9 Å². The van der Waals surface area contributed by atoms with Crippen LogP contribution in [0.25, 0.3) is 0 Å². The maximum Gasteiger partial charge on any atom is 0.365 e. The van der Waals surface area contributed by atoms with Crippen LogP contribution in [0.4, 0.5) is 0 Å². The number of aromatic nitrogens is 2. The Hall–Kier alpha value is -2.24. The molecule has 1 aromatic heterocycles. The molecule has 0 saturated heterocycles. The van der Waals surface area contributed by atoms with Crippen molar-refractivity contribution >= 4 is 11.9 Å². The number of carbonyl (C=O) groups excluding carboxylic acids is 1. The molecule has 0 aromatic carbocycles. The van der Waals surface area contributed by atoms with Crippen molar-refractivity contribution in [3.05, 3.63) is 36.2 Å². The molecule has 0 amide bonds. The highest BCUT2D eigenvalue weighted by Gasteiger charge is 2.25. The first-order chi connectivity index (χ1) is 7.66. The van der Waals surface area contributed by atoms with Crippen LogP contribution in [0.15, 0.2) is 35.5 Å². The van der Waals surface area contributed by atoms with E-state index in [0.29, 0.717) is 5.69 Å². The van der Waals surface area contributed by atoms with Crippen molar-refractivity contribution in [1.29, 1.82) is 0 Å². The largest absolute Gasteiger partial charge is 0.400 e. The Morgan fingerprint density at radius 2 is 2.19 bits per heavy atom. The zero-order valence-electron chi connectivity index (χ0n) is 8.91. The first kappa shape index (κ1) is 10.3. The van der Waals surface area contributed by atoms with E-state index < -0.39 is 5.97 Å². The van der Waals surface area contributed by atoms with Crippen molar-refractivity contribution in [2.75, 3.05) is 14.1 Å². The maximum atomic E-state index is 11.4. The molecule has 1 aliphatic rings. The van der Waals surface area contributed by atoms with E-state index in [2.05, 4.69) is 15.0 Å². The molecule has 0 atom stereocenters. The Kier molecular flexibility index (Phi) is 2.63. The summed E-state index contributed by atoms with van der Waals surface area (Å²) in [6, 6.07) is 0. The summed E-state index contributed by atoms with van der Waals surface area (Å²) in [5.74, 6) is -0.291. The molecule has 0 N–H and O–H groups in total. The average Bonchev–Trinajstić information content (AvgIpc) is 2.61. The van der Waals surface area contributed by atoms with Crippen molar-refractivity contribution in [2.24, 2.45) is 4.99 Å². The summed E-state index contributed by atoms with van der Waals surface area (Å²) in [6.45, 7) is 0. The SMILES string of the molecule is CN(C)/C=C1/N=C(c2cnccn2)OC1=O. The number of rotatable bonds is 2. The molecule has 0 spiro atoms. The van der Waals surface area contributed by atoms with Crippen LogP contribution >= 0.6 is 0 Å². The Morgan fingerprint density at radius 1 is 1.38 bits per heavy atom. The molecule has 0 saturated carbocycles. The Bertz CT molecular complexity index is 465. The van der Waals surface area contributed by atoms with Gasteiger partial charge in [-0.25, -0.2) is 14.8 Å². The molecule has 6 nitrogen and oxygen atoms in total. The molecule has 0 unspecified atom stereocenters. The molecule has 1 aromatic rings. The molecule has 0 bridgehead atoms. The lowest BCUT2D eigenvalue weighted by atomic mass is 10.4. The standard InChI is InChI=1S/C10H10N4O2/c1-14(2)6-8-10(15)16-9(13-8)7-5-11-3-4-12-7/h3-6H,1-2H3/b8-6+. The third kappa shape index (κ3) is 2.05. The van der Waals surface area contributed by atoms with Gasteiger partial charge in [0.2, 0.25) is 0 Å². The van der Waals surface area contributed by atoms with E-state index in [1.54, 1.807) is 25.2 Å². The Labute approximate surface area is 92.3 Å². The topological polar surface area (TPSA) is 67.7 Å². The number of ether oxygens (including phenoxy) is 1. The van der Waals surface area contributed by atoms with Crippen molar-refractivity contribution in [2.45, 2.75) is 0 Å². The summed E-state index contributed by atoms with van der Waals surface area (Å²) in [4.78, 5) is 25.0. The number of aliphatic imine (C=N–C) groups is 1. The molecule has 0 radical (unpaired) electrons. The zero-order valence-corrected chi connectivity index (χ0v) is 8.91. The van der Waals surface area contributed by atoms with Gasteiger partial charge in [-0.3, -0.25) is 4.98 Å². The van der Waals surface area contributed by atoms with Crippen molar-refractivity contribution in [3.8, 4) is 0 Å². The minimum Gasteiger partial charge on any atom is -0.400 e. The zero-order chi connectivity index (χ0) is 11.5. The monoisotopic (exact) mass is 218 g/mol. The molecule has 2 rings (SSSR count). The van der Waals surface area contributed by atoms with Gasteiger partial charge in [-0.1, -0.05) is 0 Å². The van der Waals surface area contributed by atoms with Crippen LogP contribution in [0.1, 0.15) is 5.69 Å². The second kappa shape index (κ2) is 4.09. The highest BCUT2D eigenvalue weighted by molar-refractivity contribution is 6.10. The fourth-order valence-corrected chi connectivity index (χ4v) is 1.16. The number of esters is 1. The molecular formula is C10H10N4O2. The van der Waals surface area contributed by atoms with Gasteiger partial charge in [0.05, 0.1) is 6.20 Å². The number of cyclic esters (lactones) is 1. The van der Waals surface area contributed by atoms with Crippen molar-refractivity contribution in [3.63, 3.8) is 0 Å². The number of nitrogens with zero attached hydrogens (tertiary/aromatic N) is 4. The van der Waals surface area contributed by atoms with Crippen LogP contribution in [-0.4, -0.2) is 40.8 Å². The van der Waals surface area contributed by atoms with E-state index in [4.69, 9.17) is 4.74 Å². The molecule has 0 aliphatic carbocycles. The average molecular weight is 218 g/mol. The summed E-state index contributed by atoms with van der Waals surface area (Å²) in [6.07, 6.45) is 6.13. The van der Waals surface area contributed by atoms with Gasteiger partial charge in [0.25, 0.3) is 5.90 Å². The van der Waals surface area contributed by atoms with Gasteiger partial charge in [0.15, 0.2) is 5.70 Å². The highest BCUT2D eigenvalue weighted by Crippen LogP contribution is 2.14. The first-order valence-electron chi connectivity index (χ1n) is 4.62. The number of hydrogen-bond donors (Lipinski definition) is 0. The predicted octanol–water partition coefficient (Wildman–Crippen LogP) is 0.183. The van der Waals surface area contributed by atoms with E-state index in [9.17, 15) is 4.79 Å². The van der Waals surface area contributed by atoms with E-state index >= 15 is 0 Å². The lowest BCUT2D eigenvalue weighted by Gasteiger charge is -2.02. The highest BCUT2D eigenvalue weighted by atomic mass is 16.6. The van der Waals surface area contributed by atoms with Crippen LogP contribution in [0.3, 0.4) is 0 Å². The van der Waals surface area contributed by atoms with E-state index in [1.165, 1.54) is 18.6 Å². The molecule has 6 heteroatoms. The van der Waals surface area contributed by atoms with Crippen LogP contribution < -0.4 is 0 Å². The fourth-order valence-electron chi connectivity index (χ4n) is 1.16. The lowest BCUT2D eigenvalue weighted by Crippen LogP contribution is -2.08. The summed E-state index contributed by atoms with van der Waals surface area (Å²) < 4.78 is 4.97. The van der Waals surface area contributed by atoms with Gasteiger partial charge in [0, 0.05) is 32.7 Å². The Morgan fingerprint density at radius 3 is 2.81 bits per heavy atom.